The highest BCUT2D eigenvalue weighted by atomic mass is 79.9. The normalized spacial score (nSPS) is 10.9. The number of aromatic hydroxyl groups is 1. The molecule has 35 heavy (non-hydrogen) atoms. The van der Waals surface area contributed by atoms with Crippen molar-refractivity contribution in [2.75, 3.05) is 0 Å². The third-order valence-corrected chi connectivity index (χ3v) is 6.04. The second-order valence-corrected chi connectivity index (χ2v) is 8.11. The predicted molar refractivity (Wildman–Crippen MR) is 141 cm³/mol. The van der Waals surface area contributed by atoms with E-state index < -0.39 is 5.56 Å². The molecular formula is C26H25BrN6O2. The highest BCUT2D eigenvalue weighted by Gasteiger charge is 2.14. The highest BCUT2D eigenvalue weighted by Crippen LogP contribution is 2.30. The van der Waals surface area contributed by atoms with Crippen molar-refractivity contribution in [1.82, 2.24) is 30.2 Å². The van der Waals surface area contributed by atoms with E-state index in [9.17, 15) is 9.90 Å². The van der Waals surface area contributed by atoms with Gasteiger partial charge >= 0.3 is 0 Å². The summed E-state index contributed by atoms with van der Waals surface area (Å²) in [6, 6.07) is 19.4. The van der Waals surface area contributed by atoms with E-state index in [2.05, 4.69) is 25.6 Å². The Hall–Kier alpha value is -3.85. The van der Waals surface area contributed by atoms with Crippen molar-refractivity contribution >= 4 is 27.9 Å². The fourth-order valence-electron chi connectivity index (χ4n) is 4.27. The van der Waals surface area contributed by atoms with Crippen LogP contribution in [0, 0.1) is 0 Å². The summed E-state index contributed by atoms with van der Waals surface area (Å²) >= 11 is 0. The molecule has 3 aromatic heterocycles. The number of nitrogens with one attached hydrogen (secondary N) is 1. The van der Waals surface area contributed by atoms with Gasteiger partial charge in [-0.3, -0.25) is 9.78 Å². The molecule has 0 bridgehead atoms. The van der Waals surface area contributed by atoms with E-state index in [-0.39, 0.29) is 22.7 Å². The minimum atomic E-state index is -0.407. The summed E-state index contributed by atoms with van der Waals surface area (Å²) in [5.74, 6) is 0.337. The molecule has 0 saturated carbocycles. The highest BCUT2D eigenvalue weighted by molar-refractivity contribution is 8.93. The van der Waals surface area contributed by atoms with E-state index in [1.807, 2.05) is 68.4 Å². The van der Waals surface area contributed by atoms with Gasteiger partial charge in [0.2, 0.25) is 0 Å². The minimum Gasteiger partial charge on any atom is -0.503 e. The monoisotopic (exact) mass is 532 g/mol. The number of fused-ring (bicyclic) bond motifs is 1. The number of rotatable bonds is 6. The van der Waals surface area contributed by atoms with E-state index in [0.29, 0.717) is 12.4 Å². The van der Waals surface area contributed by atoms with Crippen molar-refractivity contribution in [1.29, 1.82) is 0 Å². The lowest BCUT2D eigenvalue weighted by Gasteiger charge is -2.15. The van der Waals surface area contributed by atoms with Crippen LogP contribution in [0.3, 0.4) is 0 Å². The number of H-pyrrole nitrogens is 1. The number of aromatic nitrogens is 6. The van der Waals surface area contributed by atoms with Gasteiger partial charge in [0.25, 0.3) is 5.56 Å². The number of nitrogens with zero attached hydrogens (tertiary/aromatic N) is 5. The average molecular weight is 533 g/mol. The summed E-state index contributed by atoms with van der Waals surface area (Å²) in [5, 5.41) is 25.4. The molecule has 0 unspecified atom stereocenters. The van der Waals surface area contributed by atoms with Gasteiger partial charge < -0.3 is 9.67 Å². The van der Waals surface area contributed by atoms with E-state index in [1.54, 1.807) is 4.57 Å². The smallest absolute Gasteiger partial charge is 0.293 e. The molecule has 0 aliphatic heterocycles. The molecular weight excluding hydrogens is 508 g/mol. The maximum atomic E-state index is 12.9. The van der Waals surface area contributed by atoms with Crippen LogP contribution >= 0.6 is 17.0 Å². The third-order valence-electron chi connectivity index (χ3n) is 6.04. The molecule has 0 fully saturated rings. The molecule has 2 N–H and O–H groups in total. The van der Waals surface area contributed by atoms with Gasteiger partial charge in [0, 0.05) is 22.3 Å². The average Bonchev–Trinajstić information content (AvgIpc) is 3.42. The maximum Gasteiger partial charge on any atom is 0.293 e. The Morgan fingerprint density at radius 3 is 2.37 bits per heavy atom. The fraction of sp³-hybridized carbons (Fsp3) is 0.192. The lowest BCUT2D eigenvalue weighted by molar-refractivity contribution is 0.461. The Kier molecular flexibility index (Phi) is 7.07. The largest absolute Gasteiger partial charge is 0.503 e. The molecule has 178 valence electrons. The molecule has 8 nitrogen and oxygen atoms in total. The Bertz CT molecular complexity index is 1530. The molecule has 0 amide bonds. The van der Waals surface area contributed by atoms with Gasteiger partial charge in [-0.2, -0.15) is 0 Å². The molecule has 0 atom stereocenters. The van der Waals surface area contributed by atoms with Gasteiger partial charge in [0.05, 0.1) is 12.1 Å². The Morgan fingerprint density at radius 2 is 1.71 bits per heavy atom. The predicted octanol–water partition coefficient (Wildman–Crippen LogP) is 4.70. The summed E-state index contributed by atoms with van der Waals surface area (Å²) in [7, 11) is 0. The first kappa shape index (κ1) is 24.3. The lowest BCUT2D eigenvalue weighted by Crippen LogP contribution is -2.21. The number of pyridine rings is 2. The molecule has 0 spiro atoms. The summed E-state index contributed by atoms with van der Waals surface area (Å²) in [6.07, 6.45) is 1.49. The molecule has 0 saturated heterocycles. The molecule has 5 aromatic rings. The van der Waals surface area contributed by atoms with Gasteiger partial charge in [-0.1, -0.05) is 62.4 Å². The number of aromatic amines is 1. The van der Waals surface area contributed by atoms with Crippen LogP contribution in [0.15, 0.2) is 65.5 Å². The number of benzene rings is 2. The van der Waals surface area contributed by atoms with Gasteiger partial charge in [-0.15, -0.1) is 22.1 Å². The number of hydrogen-bond acceptors (Lipinski definition) is 6. The third kappa shape index (κ3) is 4.59. The summed E-state index contributed by atoms with van der Waals surface area (Å²) in [5.41, 5.74) is 6.05. The molecule has 0 aliphatic carbocycles. The van der Waals surface area contributed by atoms with Crippen LogP contribution in [-0.4, -0.2) is 35.3 Å². The number of hydrogen-bond donors (Lipinski definition) is 2. The topological polar surface area (TPSA) is 110 Å². The quantitative estimate of drug-likeness (QED) is 0.328. The number of aryl methyl sites for hydroxylation is 2. The molecule has 2 aromatic carbocycles. The first-order valence-electron chi connectivity index (χ1n) is 11.3. The molecule has 9 heteroatoms. The van der Waals surface area contributed by atoms with Gasteiger partial charge in [-0.05, 0) is 52.1 Å². The van der Waals surface area contributed by atoms with Crippen LogP contribution in [-0.2, 0) is 19.4 Å². The molecule has 5 rings (SSSR count). The SMILES string of the molecule is Br.CCc1cc2c(cc(O)c(=O)n2Cc2ccc(-c3ccccc3-c3nnn[nH]3)cc2)c(CC)n1. The van der Waals surface area contributed by atoms with Gasteiger partial charge in [-0.25, -0.2) is 5.10 Å². The zero-order valence-corrected chi connectivity index (χ0v) is 21.1. The minimum absolute atomic E-state index is 0. The Morgan fingerprint density at radius 1 is 0.971 bits per heavy atom. The second-order valence-electron chi connectivity index (χ2n) is 8.11. The van der Waals surface area contributed by atoms with E-state index >= 15 is 0 Å². The molecule has 0 radical (unpaired) electrons. The van der Waals surface area contributed by atoms with Crippen molar-refractivity contribution in [3.05, 3.63) is 88.0 Å². The number of tetrazole rings is 1. The zero-order chi connectivity index (χ0) is 23.7. The van der Waals surface area contributed by atoms with E-state index in [4.69, 9.17) is 0 Å². The van der Waals surface area contributed by atoms with Crippen LogP contribution in [0.1, 0.15) is 30.8 Å². The Labute approximate surface area is 212 Å². The van der Waals surface area contributed by atoms with Crippen LogP contribution in [0.2, 0.25) is 0 Å². The van der Waals surface area contributed by atoms with Crippen molar-refractivity contribution in [3.63, 3.8) is 0 Å². The van der Waals surface area contributed by atoms with Crippen molar-refractivity contribution in [3.8, 4) is 28.3 Å². The van der Waals surface area contributed by atoms with Gasteiger partial charge in [0.1, 0.15) is 0 Å². The van der Waals surface area contributed by atoms with Crippen LogP contribution in [0.25, 0.3) is 33.4 Å². The standard InChI is InChI=1S/C26H24N6O2.BrH/c1-3-18-13-23-21(22(4-2)27-18)14-24(33)26(34)32(23)15-16-9-11-17(12-10-16)19-7-5-6-8-20(19)25-28-30-31-29-25;/h5-14,33H,3-4,15H2,1-2H3,(H,28,29,30,31);1H. The summed E-state index contributed by atoms with van der Waals surface area (Å²) in [4.78, 5) is 17.6. The second kappa shape index (κ2) is 10.2. The Balaban J connectivity index is 0.00000289. The van der Waals surface area contributed by atoms with Crippen LogP contribution < -0.4 is 5.56 Å². The van der Waals surface area contributed by atoms with Crippen LogP contribution in [0.5, 0.6) is 5.75 Å². The first-order chi connectivity index (χ1) is 16.6. The lowest BCUT2D eigenvalue weighted by atomic mass is 9.98. The molecule has 0 aliphatic rings. The number of halogens is 1. The fourth-order valence-corrected chi connectivity index (χ4v) is 4.27. The first-order valence-corrected chi connectivity index (χ1v) is 11.3. The van der Waals surface area contributed by atoms with Crippen molar-refractivity contribution in [2.45, 2.75) is 33.2 Å². The summed E-state index contributed by atoms with van der Waals surface area (Å²) in [6.45, 7) is 4.41. The maximum absolute atomic E-state index is 12.9. The van der Waals surface area contributed by atoms with E-state index in [0.717, 1.165) is 57.4 Å². The van der Waals surface area contributed by atoms with E-state index in [1.165, 1.54) is 6.07 Å². The van der Waals surface area contributed by atoms with Gasteiger partial charge in [0.15, 0.2) is 11.6 Å². The van der Waals surface area contributed by atoms with Crippen molar-refractivity contribution in [2.24, 2.45) is 0 Å². The van der Waals surface area contributed by atoms with Crippen molar-refractivity contribution < 1.29 is 5.11 Å². The van der Waals surface area contributed by atoms with Crippen LogP contribution in [0.4, 0.5) is 0 Å². The zero-order valence-electron chi connectivity index (χ0n) is 19.4. The molecule has 3 heterocycles. The summed E-state index contributed by atoms with van der Waals surface area (Å²) < 4.78 is 1.63.